The molecule has 1 N–H and O–H groups in total. The summed E-state index contributed by atoms with van der Waals surface area (Å²) in [5.74, 6) is -0.108. The molecule has 1 rings (SSSR count). The first-order valence-corrected chi connectivity index (χ1v) is 7.40. The summed E-state index contributed by atoms with van der Waals surface area (Å²) in [4.78, 5) is 11.9. The van der Waals surface area contributed by atoms with E-state index in [2.05, 4.69) is 27.9 Å². The Hall–Kier alpha value is -0.370. The van der Waals surface area contributed by atoms with Crippen molar-refractivity contribution >= 4 is 40.1 Å². The smallest absolute Gasteiger partial charge is 0.252 e. The number of nitrogens with one attached hydrogen (secondary N) is 1. The number of rotatable bonds is 8. The molecule has 4 nitrogen and oxygen atoms in total. The Morgan fingerprint density at radius 3 is 2.89 bits per heavy atom. The van der Waals surface area contributed by atoms with Crippen LogP contribution >= 0.6 is 34.2 Å². The van der Waals surface area contributed by atoms with Crippen LogP contribution < -0.4 is 5.32 Å². The summed E-state index contributed by atoms with van der Waals surface area (Å²) < 4.78 is 11.1. The molecule has 0 unspecified atom stereocenters. The van der Waals surface area contributed by atoms with Crippen molar-refractivity contribution in [1.29, 1.82) is 0 Å². The topological polar surface area (TPSA) is 47.6 Å². The molecule has 1 aromatic carbocycles. The summed E-state index contributed by atoms with van der Waals surface area (Å²) >= 11 is 8.00. The zero-order valence-corrected chi connectivity index (χ0v) is 13.7. The van der Waals surface area contributed by atoms with Gasteiger partial charge in [0.1, 0.15) is 0 Å². The molecular formula is C13H17ClINO3. The fourth-order valence-electron chi connectivity index (χ4n) is 1.39. The second kappa shape index (κ2) is 9.52. The predicted octanol–water partition coefficient (Wildman–Crippen LogP) is 2.73. The van der Waals surface area contributed by atoms with E-state index in [0.29, 0.717) is 37.0 Å². The number of carbonyl (C=O) groups excluding carboxylic acids is 1. The molecule has 19 heavy (non-hydrogen) atoms. The van der Waals surface area contributed by atoms with E-state index in [9.17, 15) is 4.79 Å². The van der Waals surface area contributed by atoms with E-state index in [4.69, 9.17) is 21.1 Å². The summed E-state index contributed by atoms with van der Waals surface area (Å²) in [6, 6.07) is 5.27. The van der Waals surface area contributed by atoms with Gasteiger partial charge in [-0.15, -0.1) is 0 Å². The van der Waals surface area contributed by atoms with Crippen LogP contribution in [0.4, 0.5) is 0 Å². The SMILES string of the molecule is COCCOCCCNC(=O)c1cc(Cl)ccc1I. The maximum Gasteiger partial charge on any atom is 0.252 e. The lowest BCUT2D eigenvalue weighted by molar-refractivity contribution is 0.0688. The Bertz CT molecular complexity index is 415. The van der Waals surface area contributed by atoms with E-state index in [1.165, 1.54) is 0 Å². The normalized spacial score (nSPS) is 10.5. The molecule has 0 aliphatic rings. The largest absolute Gasteiger partial charge is 0.382 e. The van der Waals surface area contributed by atoms with Crippen LogP contribution in [0.3, 0.4) is 0 Å². The lowest BCUT2D eigenvalue weighted by Crippen LogP contribution is -2.26. The Morgan fingerprint density at radius 2 is 2.16 bits per heavy atom. The number of hydrogen-bond donors (Lipinski definition) is 1. The van der Waals surface area contributed by atoms with Gasteiger partial charge >= 0.3 is 0 Å². The van der Waals surface area contributed by atoms with Gasteiger partial charge in [-0.1, -0.05) is 11.6 Å². The fourth-order valence-corrected chi connectivity index (χ4v) is 2.14. The van der Waals surface area contributed by atoms with Crippen LogP contribution in [-0.4, -0.2) is 39.4 Å². The number of ether oxygens (including phenoxy) is 2. The van der Waals surface area contributed by atoms with Gasteiger partial charge in [-0.05, 0) is 47.2 Å². The molecule has 0 bridgehead atoms. The van der Waals surface area contributed by atoms with Crippen LogP contribution in [0.15, 0.2) is 18.2 Å². The van der Waals surface area contributed by atoms with Crippen molar-refractivity contribution < 1.29 is 14.3 Å². The third kappa shape index (κ3) is 6.56. The first-order chi connectivity index (χ1) is 9.15. The molecule has 0 aliphatic carbocycles. The Labute approximate surface area is 131 Å². The highest BCUT2D eigenvalue weighted by Gasteiger charge is 2.09. The summed E-state index contributed by atoms with van der Waals surface area (Å²) in [6.45, 7) is 2.36. The van der Waals surface area contributed by atoms with Crippen molar-refractivity contribution in [2.75, 3.05) is 33.5 Å². The second-order valence-corrected chi connectivity index (χ2v) is 5.44. The standard InChI is InChI=1S/C13H17ClINO3/c1-18-7-8-19-6-2-5-16-13(17)11-9-10(14)3-4-12(11)15/h3-4,9H,2,5-8H2,1H3,(H,16,17). The minimum atomic E-state index is -0.108. The monoisotopic (exact) mass is 397 g/mol. The lowest BCUT2D eigenvalue weighted by atomic mass is 10.2. The molecule has 0 fully saturated rings. The highest BCUT2D eigenvalue weighted by molar-refractivity contribution is 14.1. The number of benzene rings is 1. The van der Waals surface area contributed by atoms with Crippen molar-refractivity contribution in [3.8, 4) is 0 Å². The van der Waals surface area contributed by atoms with Crippen LogP contribution in [-0.2, 0) is 9.47 Å². The average molecular weight is 398 g/mol. The highest BCUT2D eigenvalue weighted by atomic mass is 127. The maximum atomic E-state index is 11.9. The molecule has 0 aliphatic heterocycles. The maximum absolute atomic E-state index is 11.9. The third-order valence-electron chi connectivity index (χ3n) is 2.36. The van der Waals surface area contributed by atoms with E-state index in [1.807, 2.05) is 6.07 Å². The van der Waals surface area contributed by atoms with Crippen LogP contribution in [0.5, 0.6) is 0 Å². The molecule has 0 atom stereocenters. The zero-order valence-electron chi connectivity index (χ0n) is 10.7. The van der Waals surface area contributed by atoms with E-state index < -0.39 is 0 Å². The van der Waals surface area contributed by atoms with Crippen LogP contribution in [0.2, 0.25) is 5.02 Å². The van der Waals surface area contributed by atoms with Gasteiger partial charge in [-0.3, -0.25) is 4.79 Å². The molecule has 1 amide bonds. The summed E-state index contributed by atoms with van der Waals surface area (Å²) in [6.07, 6.45) is 0.770. The quantitative estimate of drug-likeness (QED) is 0.542. The average Bonchev–Trinajstić information content (AvgIpc) is 2.40. The number of hydrogen-bond acceptors (Lipinski definition) is 3. The molecule has 0 saturated heterocycles. The van der Waals surface area contributed by atoms with Crippen LogP contribution in [0.25, 0.3) is 0 Å². The van der Waals surface area contributed by atoms with E-state index in [0.717, 1.165) is 9.99 Å². The molecule has 106 valence electrons. The Balaban J connectivity index is 2.26. The Kier molecular flexibility index (Phi) is 8.36. The number of carbonyl (C=O) groups is 1. The van der Waals surface area contributed by atoms with Crippen LogP contribution in [0.1, 0.15) is 16.8 Å². The van der Waals surface area contributed by atoms with Gasteiger partial charge in [0.25, 0.3) is 5.91 Å². The fraction of sp³-hybridized carbons (Fsp3) is 0.462. The van der Waals surface area contributed by atoms with Crippen molar-refractivity contribution in [1.82, 2.24) is 5.32 Å². The van der Waals surface area contributed by atoms with Crippen LogP contribution in [0, 0.1) is 3.57 Å². The number of halogens is 2. The van der Waals surface area contributed by atoms with Gasteiger partial charge in [0.05, 0.1) is 18.8 Å². The second-order valence-electron chi connectivity index (χ2n) is 3.84. The van der Waals surface area contributed by atoms with Crippen molar-refractivity contribution in [3.05, 3.63) is 32.4 Å². The van der Waals surface area contributed by atoms with Gasteiger partial charge in [0, 0.05) is 28.9 Å². The first kappa shape index (κ1) is 16.7. The zero-order chi connectivity index (χ0) is 14.1. The molecule has 0 radical (unpaired) electrons. The van der Waals surface area contributed by atoms with E-state index in [-0.39, 0.29) is 5.91 Å². The van der Waals surface area contributed by atoms with Crippen molar-refractivity contribution in [3.63, 3.8) is 0 Å². The van der Waals surface area contributed by atoms with Gasteiger partial charge in [-0.2, -0.15) is 0 Å². The van der Waals surface area contributed by atoms with Gasteiger partial charge in [-0.25, -0.2) is 0 Å². The molecule has 0 saturated carbocycles. The number of amides is 1. The molecule has 6 heteroatoms. The van der Waals surface area contributed by atoms with E-state index in [1.54, 1.807) is 19.2 Å². The lowest BCUT2D eigenvalue weighted by Gasteiger charge is -2.08. The number of methoxy groups -OCH3 is 1. The third-order valence-corrected chi connectivity index (χ3v) is 3.53. The molecule has 0 heterocycles. The summed E-state index contributed by atoms with van der Waals surface area (Å²) in [5, 5.41) is 3.41. The summed E-state index contributed by atoms with van der Waals surface area (Å²) in [5.41, 5.74) is 0.605. The molecule has 0 spiro atoms. The van der Waals surface area contributed by atoms with Crippen molar-refractivity contribution in [2.24, 2.45) is 0 Å². The molecule has 1 aromatic rings. The predicted molar refractivity (Wildman–Crippen MR) is 83.8 cm³/mol. The van der Waals surface area contributed by atoms with Gasteiger partial charge in [0.15, 0.2) is 0 Å². The van der Waals surface area contributed by atoms with Gasteiger partial charge in [0.2, 0.25) is 0 Å². The molecular weight excluding hydrogens is 381 g/mol. The summed E-state index contributed by atoms with van der Waals surface area (Å²) in [7, 11) is 1.64. The minimum Gasteiger partial charge on any atom is -0.382 e. The van der Waals surface area contributed by atoms with E-state index >= 15 is 0 Å². The highest BCUT2D eigenvalue weighted by Crippen LogP contribution is 2.17. The molecule has 0 aromatic heterocycles. The minimum absolute atomic E-state index is 0.108. The van der Waals surface area contributed by atoms with Gasteiger partial charge < -0.3 is 14.8 Å². The van der Waals surface area contributed by atoms with Crippen molar-refractivity contribution in [2.45, 2.75) is 6.42 Å². The first-order valence-electron chi connectivity index (χ1n) is 5.95. The Morgan fingerprint density at radius 1 is 1.37 bits per heavy atom.